The van der Waals surface area contributed by atoms with Crippen LogP contribution in [0.25, 0.3) is 0 Å². The molecule has 0 bridgehead atoms. The molecular formula is C23H30N6O4. The van der Waals surface area contributed by atoms with Crippen LogP contribution in [0.15, 0.2) is 50.5 Å². The van der Waals surface area contributed by atoms with Crippen molar-refractivity contribution in [3.8, 4) is 0 Å². The van der Waals surface area contributed by atoms with Gasteiger partial charge in [-0.2, -0.15) is 0 Å². The normalized spacial score (nSPS) is 11.0. The van der Waals surface area contributed by atoms with Crippen molar-refractivity contribution >= 4 is 23.3 Å². The maximum absolute atomic E-state index is 12.8. The summed E-state index contributed by atoms with van der Waals surface area (Å²) in [6, 6.07) is 11.0. The molecule has 0 aliphatic carbocycles. The van der Waals surface area contributed by atoms with Gasteiger partial charge in [0.25, 0.3) is 5.56 Å². The third-order valence-electron chi connectivity index (χ3n) is 5.20. The minimum Gasteiger partial charge on any atom is -0.383 e. The van der Waals surface area contributed by atoms with Gasteiger partial charge < -0.3 is 15.2 Å². The van der Waals surface area contributed by atoms with Crippen LogP contribution in [0.5, 0.6) is 0 Å². The van der Waals surface area contributed by atoms with Gasteiger partial charge in [-0.3, -0.25) is 24.5 Å². The van der Waals surface area contributed by atoms with Gasteiger partial charge in [-0.05, 0) is 17.9 Å². The average Bonchev–Trinajstić information content (AvgIpc) is 3.22. The molecule has 0 atom stereocenters. The molecule has 4 N–H and O–H groups in total. The number of aromatic nitrogens is 3. The number of rotatable bonds is 10. The summed E-state index contributed by atoms with van der Waals surface area (Å²) in [6.07, 6.45) is 1.57. The van der Waals surface area contributed by atoms with E-state index in [1.807, 2.05) is 51.1 Å². The standard InChI is InChI=1S/C23H30N6O4/c1-4-5-11-29-21(24)20(22(31)26-23(29)32)28(13-16-9-7-6-8-10-16)14-18(30)25-19-12-17(15(2)3)27-33-19/h6-10,12,15H,4-5,11,13-14,24H2,1-3H3,(H,25,30)(H,26,31,32). The zero-order chi connectivity index (χ0) is 24.0. The molecule has 0 aliphatic rings. The number of aromatic amines is 1. The summed E-state index contributed by atoms with van der Waals surface area (Å²) in [5, 5.41) is 6.61. The van der Waals surface area contributed by atoms with Crippen LogP contribution in [-0.4, -0.2) is 27.2 Å². The number of nitrogens with one attached hydrogen (secondary N) is 2. The number of hydrogen-bond acceptors (Lipinski definition) is 7. The lowest BCUT2D eigenvalue weighted by molar-refractivity contribution is -0.115. The van der Waals surface area contributed by atoms with Crippen LogP contribution in [0.4, 0.5) is 17.4 Å². The molecule has 3 rings (SSSR count). The number of hydrogen-bond donors (Lipinski definition) is 3. The van der Waals surface area contributed by atoms with Gasteiger partial charge in [0.05, 0.1) is 12.2 Å². The second-order valence-corrected chi connectivity index (χ2v) is 8.16. The quantitative estimate of drug-likeness (QED) is 0.428. The third-order valence-corrected chi connectivity index (χ3v) is 5.20. The fraction of sp³-hybridized carbons (Fsp3) is 0.391. The smallest absolute Gasteiger partial charge is 0.330 e. The summed E-state index contributed by atoms with van der Waals surface area (Å²) >= 11 is 0. The molecule has 10 heteroatoms. The molecule has 0 aliphatic heterocycles. The predicted molar refractivity (Wildman–Crippen MR) is 127 cm³/mol. The lowest BCUT2D eigenvalue weighted by Crippen LogP contribution is -2.41. The number of benzene rings is 1. The molecule has 0 spiro atoms. The van der Waals surface area contributed by atoms with E-state index in [1.54, 1.807) is 11.0 Å². The molecule has 0 fully saturated rings. The van der Waals surface area contributed by atoms with Crippen molar-refractivity contribution in [2.24, 2.45) is 0 Å². The minimum atomic E-state index is -0.643. The first-order chi connectivity index (χ1) is 15.8. The van der Waals surface area contributed by atoms with Crippen molar-refractivity contribution in [2.45, 2.75) is 52.6 Å². The van der Waals surface area contributed by atoms with E-state index in [9.17, 15) is 14.4 Å². The molecule has 0 radical (unpaired) electrons. The van der Waals surface area contributed by atoms with Crippen LogP contribution < -0.4 is 27.2 Å². The van der Waals surface area contributed by atoms with Crippen molar-refractivity contribution in [1.29, 1.82) is 0 Å². The first-order valence-electron chi connectivity index (χ1n) is 11.0. The first-order valence-corrected chi connectivity index (χ1v) is 11.0. The summed E-state index contributed by atoms with van der Waals surface area (Å²) < 4.78 is 6.53. The zero-order valence-corrected chi connectivity index (χ0v) is 19.1. The molecular weight excluding hydrogens is 424 g/mol. The van der Waals surface area contributed by atoms with Crippen LogP contribution in [-0.2, 0) is 17.9 Å². The minimum absolute atomic E-state index is 0.0303. The second kappa shape index (κ2) is 10.7. The number of carbonyl (C=O) groups excluding carboxylic acids is 1. The highest BCUT2D eigenvalue weighted by Crippen LogP contribution is 2.21. The molecule has 1 amide bonds. The zero-order valence-electron chi connectivity index (χ0n) is 19.1. The molecule has 2 aromatic heterocycles. The Morgan fingerprint density at radius 3 is 2.64 bits per heavy atom. The van der Waals surface area contributed by atoms with Gasteiger partial charge in [0, 0.05) is 19.2 Å². The van der Waals surface area contributed by atoms with E-state index in [1.165, 1.54) is 4.57 Å². The highest BCUT2D eigenvalue weighted by atomic mass is 16.5. The Morgan fingerprint density at radius 2 is 2.00 bits per heavy atom. The SMILES string of the molecule is CCCCn1c(N)c(N(CC(=O)Nc2cc(C(C)C)no2)Cc2ccccc2)c(=O)[nH]c1=O. The fourth-order valence-electron chi connectivity index (χ4n) is 3.41. The van der Waals surface area contributed by atoms with Gasteiger partial charge in [-0.25, -0.2) is 4.79 Å². The maximum Gasteiger partial charge on any atom is 0.330 e. The predicted octanol–water partition coefficient (Wildman–Crippen LogP) is 2.68. The van der Waals surface area contributed by atoms with Crippen molar-refractivity contribution in [1.82, 2.24) is 14.7 Å². The topological polar surface area (TPSA) is 139 Å². The van der Waals surface area contributed by atoms with Gasteiger partial charge in [-0.1, -0.05) is 62.7 Å². The molecule has 1 aromatic carbocycles. The van der Waals surface area contributed by atoms with Crippen molar-refractivity contribution in [3.63, 3.8) is 0 Å². The number of carbonyl (C=O) groups is 1. The highest BCUT2D eigenvalue weighted by molar-refractivity contribution is 5.93. The van der Waals surface area contributed by atoms with Gasteiger partial charge in [-0.15, -0.1) is 0 Å². The molecule has 3 aromatic rings. The van der Waals surface area contributed by atoms with E-state index in [4.69, 9.17) is 10.3 Å². The van der Waals surface area contributed by atoms with E-state index in [0.29, 0.717) is 6.54 Å². The van der Waals surface area contributed by atoms with E-state index in [0.717, 1.165) is 24.1 Å². The molecule has 0 saturated heterocycles. The summed E-state index contributed by atoms with van der Waals surface area (Å²) in [5.41, 5.74) is 6.74. The first kappa shape index (κ1) is 23.8. The van der Waals surface area contributed by atoms with Crippen LogP contribution in [0, 0.1) is 0 Å². The van der Waals surface area contributed by atoms with Crippen molar-refractivity contribution in [2.75, 3.05) is 22.5 Å². The van der Waals surface area contributed by atoms with E-state index in [-0.39, 0.29) is 36.4 Å². The van der Waals surface area contributed by atoms with E-state index < -0.39 is 17.2 Å². The van der Waals surface area contributed by atoms with E-state index >= 15 is 0 Å². The number of nitrogens with zero attached hydrogens (tertiary/aromatic N) is 3. The summed E-state index contributed by atoms with van der Waals surface area (Å²) in [7, 11) is 0. The third kappa shape index (κ3) is 5.91. The lowest BCUT2D eigenvalue weighted by Gasteiger charge is -2.25. The van der Waals surface area contributed by atoms with Crippen LogP contribution in [0.3, 0.4) is 0 Å². The Bertz CT molecular complexity index is 1200. The number of nitrogens with two attached hydrogens (primary N) is 1. The second-order valence-electron chi connectivity index (χ2n) is 8.16. The summed E-state index contributed by atoms with van der Waals surface area (Å²) in [4.78, 5) is 41.9. The van der Waals surface area contributed by atoms with Gasteiger partial charge >= 0.3 is 5.69 Å². The number of amides is 1. The Hall–Kier alpha value is -3.82. The van der Waals surface area contributed by atoms with Gasteiger partial charge in [0.15, 0.2) is 0 Å². The molecule has 176 valence electrons. The molecule has 33 heavy (non-hydrogen) atoms. The van der Waals surface area contributed by atoms with E-state index in [2.05, 4.69) is 15.5 Å². The number of anilines is 3. The monoisotopic (exact) mass is 454 g/mol. The number of H-pyrrole nitrogens is 1. The summed E-state index contributed by atoms with van der Waals surface area (Å²) in [6.45, 7) is 6.34. The molecule has 10 nitrogen and oxygen atoms in total. The molecule has 0 saturated carbocycles. The van der Waals surface area contributed by atoms with Crippen LogP contribution in [0.1, 0.15) is 50.8 Å². The lowest BCUT2D eigenvalue weighted by atomic mass is 10.1. The van der Waals surface area contributed by atoms with Crippen molar-refractivity contribution < 1.29 is 9.32 Å². The number of unbranched alkanes of at least 4 members (excludes halogenated alkanes) is 1. The Kier molecular flexibility index (Phi) is 7.70. The number of nitrogen functional groups attached to an aromatic ring is 1. The maximum atomic E-state index is 12.8. The molecule has 2 heterocycles. The Labute approximate surface area is 191 Å². The Balaban J connectivity index is 1.93. The van der Waals surface area contributed by atoms with Gasteiger partial charge in [0.1, 0.15) is 11.5 Å². The largest absolute Gasteiger partial charge is 0.383 e. The van der Waals surface area contributed by atoms with Crippen LogP contribution >= 0.6 is 0 Å². The fourth-order valence-corrected chi connectivity index (χ4v) is 3.41. The van der Waals surface area contributed by atoms with Crippen molar-refractivity contribution in [3.05, 3.63) is 68.5 Å². The average molecular weight is 455 g/mol. The molecule has 0 unspecified atom stereocenters. The van der Waals surface area contributed by atoms with Gasteiger partial charge in [0.2, 0.25) is 11.8 Å². The highest BCUT2D eigenvalue weighted by Gasteiger charge is 2.22. The Morgan fingerprint density at radius 1 is 1.27 bits per heavy atom. The summed E-state index contributed by atoms with van der Waals surface area (Å²) in [5.74, 6) is -0.0140. The van der Waals surface area contributed by atoms with Crippen LogP contribution in [0.2, 0.25) is 0 Å².